The second-order valence-corrected chi connectivity index (χ2v) is 6.38. The summed E-state index contributed by atoms with van der Waals surface area (Å²) >= 11 is 0. The van der Waals surface area contributed by atoms with Gasteiger partial charge in [-0.05, 0) is 47.4 Å². The SMILES string of the molecule is CC(C)c1ccc(Nc2ccc(C(=O)NCc3cccnc3)nc2)cc1. The highest BCUT2D eigenvalue weighted by Gasteiger charge is 2.07. The predicted octanol–water partition coefficient (Wildman–Crippen LogP) is 4.27. The van der Waals surface area contributed by atoms with Crippen LogP contribution in [0.2, 0.25) is 0 Å². The third-order valence-electron chi connectivity index (χ3n) is 4.04. The first-order valence-corrected chi connectivity index (χ1v) is 8.62. The third-order valence-corrected chi connectivity index (χ3v) is 4.04. The number of nitrogens with zero attached hydrogens (tertiary/aromatic N) is 2. The molecule has 2 heterocycles. The number of benzene rings is 1. The van der Waals surface area contributed by atoms with E-state index in [4.69, 9.17) is 0 Å². The van der Waals surface area contributed by atoms with E-state index in [0.29, 0.717) is 18.2 Å². The van der Waals surface area contributed by atoms with Crippen LogP contribution in [0.4, 0.5) is 11.4 Å². The van der Waals surface area contributed by atoms with E-state index in [-0.39, 0.29) is 5.91 Å². The Labute approximate surface area is 153 Å². The molecule has 0 radical (unpaired) electrons. The van der Waals surface area contributed by atoms with Gasteiger partial charge in [0.05, 0.1) is 11.9 Å². The molecule has 1 aromatic carbocycles. The monoisotopic (exact) mass is 346 g/mol. The number of amides is 1. The van der Waals surface area contributed by atoms with Crippen molar-refractivity contribution in [2.75, 3.05) is 5.32 Å². The molecule has 5 nitrogen and oxygen atoms in total. The highest BCUT2D eigenvalue weighted by atomic mass is 16.1. The molecule has 0 unspecified atom stereocenters. The van der Waals surface area contributed by atoms with Gasteiger partial charge in [0, 0.05) is 24.6 Å². The quantitative estimate of drug-likeness (QED) is 0.699. The zero-order chi connectivity index (χ0) is 18.4. The fourth-order valence-electron chi connectivity index (χ4n) is 2.50. The van der Waals surface area contributed by atoms with Crippen molar-refractivity contribution in [1.82, 2.24) is 15.3 Å². The molecule has 0 aliphatic rings. The van der Waals surface area contributed by atoms with E-state index < -0.39 is 0 Å². The Bertz CT molecular complexity index is 843. The molecule has 0 saturated carbocycles. The molecule has 1 amide bonds. The maximum Gasteiger partial charge on any atom is 0.270 e. The molecule has 132 valence electrons. The number of pyridine rings is 2. The molecule has 0 aliphatic carbocycles. The van der Waals surface area contributed by atoms with Crippen LogP contribution in [-0.2, 0) is 6.54 Å². The number of hydrogen-bond donors (Lipinski definition) is 2. The molecule has 0 aliphatic heterocycles. The minimum Gasteiger partial charge on any atom is -0.354 e. The van der Waals surface area contributed by atoms with Crippen LogP contribution < -0.4 is 10.6 Å². The summed E-state index contributed by atoms with van der Waals surface area (Å²) in [6, 6.07) is 15.6. The first kappa shape index (κ1) is 17.6. The van der Waals surface area contributed by atoms with Crippen LogP contribution in [0.25, 0.3) is 0 Å². The number of carbonyl (C=O) groups excluding carboxylic acids is 1. The normalized spacial score (nSPS) is 10.6. The Morgan fingerprint density at radius 2 is 1.77 bits per heavy atom. The Kier molecular flexibility index (Phi) is 5.59. The first-order chi connectivity index (χ1) is 12.6. The number of anilines is 2. The summed E-state index contributed by atoms with van der Waals surface area (Å²) < 4.78 is 0. The van der Waals surface area contributed by atoms with Crippen molar-refractivity contribution >= 4 is 17.3 Å². The molecular weight excluding hydrogens is 324 g/mol. The van der Waals surface area contributed by atoms with Crippen LogP contribution in [0.5, 0.6) is 0 Å². The molecule has 0 fully saturated rings. The Hall–Kier alpha value is -3.21. The van der Waals surface area contributed by atoms with Gasteiger partial charge in [-0.15, -0.1) is 0 Å². The molecule has 0 bridgehead atoms. The van der Waals surface area contributed by atoms with Crippen molar-refractivity contribution < 1.29 is 4.79 Å². The van der Waals surface area contributed by atoms with Crippen molar-refractivity contribution in [2.45, 2.75) is 26.3 Å². The summed E-state index contributed by atoms with van der Waals surface area (Å²) in [5, 5.41) is 6.13. The van der Waals surface area contributed by atoms with Crippen LogP contribution in [-0.4, -0.2) is 15.9 Å². The predicted molar refractivity (Wildman–Crippen MR) is 103 cm³/mol. The average Bonchev–Trinajstić information content (AvgIpc) is 2.68. The maximum absolute atomic E-state index is 12.2. The van der Waals surface area contributed by atoms with E-state index in [0.717, 1.165) is 16.9 Å². The molecule has 2 N–H and O–H groups in total. The summed E-state index contributed by atoms with van der Waals surface area (Å²) in [5.41, 5.74) is 4.46. The van der Waals surface area contributed by atoms with Crippen molar-refractivity contribution in [2.24, 2.45) is 0 Å². The lowest BCUT2D eigenvalue weighted by Gasteiger charge is -2.10. The number of aromatic nitrogens is 2. The van der Waals surface area contributed by atoms with Gasteiger partial charge in [-0.25, -0.2) is 4.98 Å². The lowest BCUT2D eigenvalue weighted by Crippen LogP contribution is -2.23. The van der Waals surface area contributed by atoms with E-state index in [1.54, 1.807) is 24.7 Å². The largest absolute Gasteiger partial charge is 0.354 e. The smallest absolute Gasteiger partial charge is 0.270 e. The van der Waals surface area contributed by atoms with Crippen LogP contribution in [0.15, 0.2) is 67.1 Å². The van der Waals surface area contributed by atoms with Crippen molar-refractivity contribution in [1.29, 1.82) is 0 Å². The topological polar surface area (TPSA) is 66.9 Å². The summed E-state index contributed by atoms with van der Waals surface area (Å²) in [7, 11) is 0. The summed E-state index contributed by atoms with van der Waals surface area (Å²) in [4.78, 5) is 20.4. The number of nitrogens with one attached hydrogen (secondary N) is 2. The minimum atomic E-state index is -0.207. The molecule has 0 spiro atoms. The second kappa shape index (κ2) is 8.25. The summed E-state index contributed by atoms with van der Waals surface area (Å²) in [6.07, 6.45) is 5.09. The molecule has 2 aromatic heterocycles. The van der Waals surface area contributed by atoms with Gasteiger partial charge in [0.25, 0.3) is 5.91 Å². The Morgan fingerprint density at radius 3 is 2.38 bits per heavy atom. The molecule has 26 heavy (non-hydrogen) atoms. The molecule has 0 saturated heterocycles. The van der Waals surface area contributed by atoms with Gasteiger partial charge in [-0.3, -0.25) is 9.78 Å². The maximum atomic E-state index is 12.2. The van der Waals surface area contributed by atoms with Gasteiger partial charge in [0.1, 0.15) is 5.69 Å². The molecule has 5 heteroatoms. The van der Waals surface area contributed by atoms with Gasteiger partial charge in [0.2, 0.25) is 0 Å². The van der Waals surface area contributed by atoms with Crippen molar-refractivity contribution in [3.8, 4) is 0 Å². The van der Waals surface area contributed by atoms with E-state index in [9.17, 15) is 4.79 Å². The average molecular weight is 346 g/mol. The molecule has 3 aromatic rings. The number of hydrogen-bond acceptors (Lipinski definition) is 4. The lowest BCUT2D eigenvalue weighted by molar-refractivity contribution is 0.0946. The van der Waals surface area contributed by atoms with Gasteiger partial charge in [0.15, 0.2) is 0 Å². The van der Waals surface area contributed by atoms with Crippen LogP contribution >= 0.6 is 0 Å². The van der Waals surface area contributed by atoms with E-state index >= 15 is 0 Å². The van der Waals surface area contributed by atoms with Gasteiger partial charge >= 0.3 is 0 Å². The fraction of sp³-hybridized carbons (Fsp3) is 0.190. The van der Waals surface area contributed by atoms with Gasteiger partial charge in [-0.1, -0.05) is 32.0 Å². The summed E-state index contributed by atoms with van der Waals surface area (Å²) in [5.74, 6) is 0.303. The Balaban J connectivity index is 1.58. The standard InChI is InChI=1S/C21H22N4O/c1-15(2)17-5-7-18(8-6-17)25-19-9-10-20(23-14-19)21(26)24-13-16-4-3-11-22-12-16/h3-12,14-15,25H,13H2,1-2H3,(H,24,26). The van der Waals surface area contributed by atoms with Crippen molar-refractivity contribution in [3.63, 3.8) is 0 Å². The van der Waals surface area contributed by atoms with E-state index in [1.807, 2.05) is 30.3 Å². The van der Waals surface area contributed by atoms with Gasteiger partial charge < -0.3 is 10.6 Å². The Morgan fingerprint density at radius 1 is 1.00 bits per heavy atom. The minimum absolute atomic E-state index is 0.207. The van der Waals surface area contributed by atoms with Crippen LogP contribution in [0, 0.1) is 0 Å². The summed E-state index contributed by atoms with van der Waals surface area (Å²) in [6.45, 7) is 4.77. The van der Waals surface area contributed by atoms with E-state index in [2.05, 4.69) is 46.6 Å². The van der Waals surface area contributed by atoms with Crippen molar-refractivity contribution in [3.05, 3.63) is 83.9 Å². The van der Waals surface area contributed by atoms with Crippen LogP contribution in [0.1, 0.15) is 41.4 Å². The third kappa shape index (κ3) is 4.66. The lowest BCUT2D eigenvalue weighted by atomic mass is 10.0. The fourth-order valence-corrected chi connectivity index (χ4v) is 2.50. The highest BCUT2D eigenvalue weighted by Crippen LogP contribution is 2.20. The first-order valence-electron chi connectivity index (χ1n) is 8.62. The zero-order valence-corrected chi connectivity index (χ0v) is 14.9. The van der Waals surface area contributed by atoms with E-state index in [1.165, 1.54) is 5.56 Å². The number of carbonyl (C=O) groups is 1. The zero-order valence-electron chi connectivity index (χ0n) is 14.9. The molecule has 3 rings (SSSR count). The van der Waals surface area contributed by atoms with Crippen LogP contribution in [0.3, 0.4) is 0 Å². The highest BCUT2D eigenvalue weighted by molar-refractivity contribution is 5.92. The number of rotatable bonds is 6. The molecule has 0 atom stereocenters. The molecular formula is C21H22N4O. The van der Waals surface area contributed by atoms with Gasteiger partial charge in [-0.2, -0.15) is 0 Å². The second-order valence-electron chi connectivity index (χ2n) is 6.38.